The van der Waals surface area contributed by atoms with Crippen LogP contribution in [0.2, 0.25) is 0 Å². The Hall–Kier alpha value is -0.260. The molecule has 0 nitrogen and oxygen atoms in total. The smallest absolute Gasteiger partial charge is 0.0146 e. The first-order valence-electron chi connectivity index (χ1n) is 10.8. The summed E-state index contributed by atoms with van der Waals surface area (Å²) in [6, 6.07) is 0. The van der Waals surface area contributed by atoms with Gasteiger partial charge in [0.25, 0.3) is 0 Å². The van der Waals surface area contributed by atoms with E-state index in [9.17, 15) is 0 Å². The van der Waals surface area contributed by atoms with Crippen LogP contribution in [0.25, 0.3) is 0 Å². The topological polar surface area (TPSA) is 0 Å². The number of fused-ring (bicyclic) bond motifs is 3. The second-order valence-electron chi connectivity index (χ2n) is 9.79. The Kier molecular flexibility index (Phi) is 4.39. The molecule has 7 unspecified atom stereocenters. The lowest BCUT2D eigenvalue weighted by molar-refractivity contribution is -0.0266. The molecule has 0 heterocycles. The average Bonchev–Trinajstić information content (AvgIpc) is 2.55. The second kappa shape index (κ2) is 6.23. The Balaban J connectivity index is 1.59. The predicted molar refractivity (Wildman–Crippen MR) is 99.1 cm³/mol. The monoisotopic (exact) mass is 314 g/mol. The maximum atomic E-state index is 4.79. The normalized spacial score (nSPS) is 53.2. The highest BCUT2D eigenvalue weighted by Crippen LogP contribution is 2.60. The van der Waals surface area contributed by atoms with Gasteiger partial charge >= 0.3 is 0 Å². The zero-order valence-electron chi connectivity index (χ0n) is 15.8. The summed E-state index contributed by atoms with van der Waals surface area (Å²) in [7, 11) is 0. The summed E-state index contributed by atoms with van der Waals surface area (Å²) in [5.74, 6) is 8.56. The lowest BCUT2D eigenvalue weighted by atomic mass is 9.48. The van der Waals surface area contributed by atoms with Crippen molar-refractivity contribution in [1.82, 2.24) is 0 Å². The molecule has 4 aliphatic carbocycles. The van der Waals surface area contributed by atoms with Crippen molar-refractivity contribution in [1.29, 1.82) is 0 Å². The fourth-order valence-corrected chi connectivity index (χ4v) is 8.02. The molecule has 0 heteroatoms. The maximum absolute atomic E-state index is 4.79. The molecule has 0 amide bonds. The Morgan fingerprint density at radius 1 is 0.826 bits per heavy atom. The molecule has 9 atom stereocenters. The van der Waals surface area contributed by atoms with E-state index < -0.39 is 0 Å². The molecule has 4 aliphatic rings. The van der Waals surface area contributed by atoms with E-state index in [0.29, 0.717) is 0 Å². The molecule has 0 N–H and O–H groups in total. The van der Waals surface area contributed by atoms with Crippen LogP contribution in [0.1, 0.15) is 78.6 Å². The van der Waals surface area contributed by atoms with E-state index in [0.717, 1.165) is 53.3 Å². The van der Waals surface area contributed by atoms with Crippen molar-refractivity contribution >= 4 is 0 Å². The average molecular weight is 315 g/mol. The molecule has 4 rings (SSSR count). The number of rotatable bonds is 1. The van der Waals surface area contributed by atoms with E-state index in [1.165, 1.54) is 44.9 Å². The predicted octanol–water partition coefficient (Wildman–Crippen LogP) is 6.71. The second-order valence-corrected chi connectivity index (χ2v) is 9.79. The standard InChI is InChI=1S/C23H38/c1-5-17-10-11-19-13-20-12-18-8-6-7-9-21(18)15(3)23(20)16(4)22(19)14(17)2/h14-15,17-23H,4-13H2,1-3H3/t14?,15?,17?,18-,19?,20?,21+,22?,23?/m1/s1. The Labute approximate surface area is 144 Å². The SMILES string of the molecule is C=C1C2C(CCC(CC)C2C)CC2C[C@H]3CCCC[C@H]3C(C)C12. The molecule has 0 spiro atoms. The molecule has 0 aromatic heterocycles. The van der Waals surface area contributed by atoms with Gasteiger partial charge in [0.1, 0.15) is 0 Å². The first kappa shape index (κ1) is 16.2. The van der Waals surface area contributed by atoms with E-state index in [-0.39, 0.29) is 0 Å². The van der Waals surface area contributed by atoms with E-state index in [4.69, 9.17) is 6.58 Å². The van der Waals surface area contributed by atoms with Crippen molar-refractivity contribution in [3.63, 3.8) is 0 Å². The third-order valence-electron chi connectivity index (χ3n) is 9.04. The Morgan fingerprint density at radius 2 is 1.52 bits per heavy atom. The molecule has 0 aromatic rings. The summed E-state index contributed by atoms with van der Waals surface area (Å²) in [5.41, 5.74) is 1.72. The summed E-state index contributed by atoms with van der Waals surface area (Å²) in [4.78, 5) is 0. The van der Waals surface area contributed by atoms with Gasteiger partial charge in [0.2, 0.25) is 0 Å². The first-order chi connectivity index (χ1) is 11.1. The van der Waals surface area contributed by atoms with Gasteiger partial charge in [-0.25, -0.2) is 0 Å². The summed E-state index contributed by atoms with van der Waals surface area (Å²) in [6.45, 7) is 12.4. The Morgan fingerprint density at radius 3 is 2.30 bits per heavy atom. The van der Waals surface area contributed by atoms with Gasteiger partial charge in [-0.15, -0.1) is 0 Å². The summed E-state index contributed by atoms with van der Waals surface area (Å²) in [6.07, 6.45) is 13.5. The van der Waals surface area contributed by atoms with Crippen LogP contribution >= 0.6 is 0 Å². The van der Waals surface area contributed by atoms with E-state index >= 15 is 0 Å². The lowest BCUT2D eigenvalue weighted by Gasteiger charge is -2.57. The molecule has 0 aromatic carbocycles. The van der Waals surface area contributed by atoms with E-state index in [1.807, 2.05) is 0 Å². The zero-order chi connectivity index (χ0) is 16.1. The van der Waals surface area contributed by atoms with Gasteiger partial charge in [0.05, 0.1) is 0 Å². The highest BCUT2D eigenvalue weighted by atomic mass is 14.6. The number of hydrogen-bond acceptors (Lipinski definition) is 0. The van der Waals surface area contributed by atoms with Crippen LogP contribution in [0, 0.1) is 53.3 Å². The van der Waals surface area contributed by atoms with Crippen LogP contribution in [-0.2, 0) is 0 Å². The minimum absolute atomic E-state index is 0.859. The minimum Gasteiger partial charge on any atom is -0.0993 e. The van der Waals surface area contributed by atoms with Gasteiger partial charge in [0.15, 0.2) is 0 Å². The van der Waals surface area contributed by atoms with Crippen LogP contribution in [0.5, 0.6) is 0 Å². The highest BCUT2D eigenvalue weighted by molar-refractivity contribution is 5.19. The van der Waals surface area contributed by atoms with Gasteiger partial charge < -0.3 is 0 Å². The molecule has 0 bridgehead atoms. The lowest BCUT2D eigenvalue weighted by Crippen LogP contribution is -2.49. The van der Waals surface area contributed by atoms with Crippen LogP contribution in [-0.4, -0.2) is 0 Å². The van der Waals surface area contributed by atoms with Gasteiger partial charge in [-0.3, -0.25) is 0 Å². The molecule has 4 saturated carbocycles. The van der Waals surface area contributed by atoms with Crippen molar-refractivity contribution in [2.24, 2.45) is 53.3 Å². The highest BCUT2D eigenvalue weighted by Gasteiger charge is 2.51. The summed E-state index contributed by atoms with van der Waals surface area (Å²) in [5, 5.41) is 0. The molecule has 0 saturated heterocycles. The van der Waals surface area contributed by atoms with E-state index in [2.05, 4.69) is 20.8 Å². The first-order valence-corrected chi connectivity index (χ1v) is 10.8. The van der Waals surface area contributed by atoms with Crippen LogP contribution in [0.4, 0.5) is 0 Å². The summed E-state index contributed by atoms with van der Waals surface area (Å²) >= 11 is 0. The molecule has 0 radical (unpaired) electrons. The third kappa shape index (κ3) is 2.54. The third-order valence-corrected chi connectivity index (χ3v) is 9.04. The van der Waals surface area contributed by atoms with Crippen LogP contribution < -0.4 is 0 Å². The van der Waals surface area contributed by atoms with Gasteiger partial charge in [-0.05, 0) is 85.4 Å². The van der Waals surface area contributed by atoms with Crippen molar-refractivity contribution < 1.29 is 0 Å². The largest absolute Gasteiger partial charge is 0.0993 e. The van der Waals surface area contributed by atoms with Gasteiger partial charge in [0, 0.05) is 0 Å². The maximum Gasteiger partial charge on any atom is -0.0146 e. The zero-order valence-corrected chi connectivity index (χ0v) is 15.8. The summed E-state index contributed by atoms with van der Waals surface area (Å²) < 4.78 is 0. The Bertz CT molecular complexity index is 449. The fraction of sp³-hybridized carbons (Fsp3) is 0.913. The van der Waals surface area contributed by atoms with Crippen molar-refractivity contribution in [2.45, 2.75) is 78.6 Å². The fourth-order valence-electron chi connectivity index (χ4n) is 8.02. The van der Waals surface area contributed by atoms with Crippen molar-refractivity contribution in [2.75, 3.05) is 0 Å². The molecule has 130 valence electrons. The quantitative estimate of drug-likeness (QED) is 0.472. The van der Waals surface area contributed by atoms with Gasteiger partial charge in [-0.2, -0.15) is 0 Å². The number of hydrogen-bond donors (Lipinski definition) is 0. The molecule has 0 aliphatic heterocycles. The minimum atomic E-state index is 0.859. The van der Waals surface area contributed by atoms with Crippen LogP contribution in [0.3, 0.4) is 0 Å². The van der Waals surface area contributed by atoms with Crippen molar-refractivity contribution in [3.8, 4) is 0 Å². The molecule has 4 fully saturated rings. The number of allylic oxidation sites excluding steroid dienone is 1. The molecule has 23 heavy (non-hydrogen) atoms. The van der Waals surface area contributed by atoms with Crippen molar-refractivity contribution in [3.05, 3.63) is 12.2 Å². The van der Waals surface area contributed by atoms with Crippen LogP contribution in [0.15, 0.2) is 12.2 Å². The molecular weight excluding hydrogens is 276 g/mol. The van der Waals surface area contributed by atoms with Gasteiger partial charge in [-0.1, -0.05) is 58.6 Å². The molecular formula is C23H38. The van der Waals surface area contributed by atoms with E-state index in [1.54, 1.807) is 18.4 Å².